The van der Waals surface area contributed by atoms with Crippen LogP contribution < -0.4 is 0 Å². The third kappa shape index (κ3) is 59.3. The molecule has 0 aliphatic carbocycles. The lowest BCUT2D eigenvalue weighted by atomic mass is 10.1. The summed E-state index contributed by atoms with van der Waals surface area (Å²) < 4.78 is 16.9. The van der Waals surface area contributed by atoms with Crippen molar-refractivity contribution in [2.75, 3.05) is 13.2 Å². The molecule has 0 bridgehead atoms. The normalized spacial score (nSPS) is 12.6. The van der Waals surface area contributed by atoms with Crippen LogP contribution in [0, 0.1) is 0 Å². The number of carbonyl (C=O) groups is 3. The van der Waals surface area contributed by atoms with Gasteiger partial charge in [0, 0.05) is 19.3 Å². The average molecular weight is 1020 g/mol. The molecule has 6 heteroatoms. The standard InChI is InChI=1S/C67H116O6/c1-4-7-10-13-16-19-22-25-28-31-33-36-39-42-45-48-51-54-57-60-66(69)72-63-64(62-71-65(68)59-56-53-50-47-44-41-38-35-30-27-24-21-18-15-12-9-6-3)73-67(70)61-58-55-52-49-46-43-40-37-34-32-29-26-23-20-17-14-11-8-5-2/h9,12,16,18-19,21,25-30,38,41,64H,4-8,10-11,13-15,17,20,22-24,31-37,39-40,42-63H2,1-3H3/b12-9-,19-16-,21-18-,28-25-,29-26-,30-27-,41-38-. The Bertz CT molecular complexity index is 1400. The summed E-state index contributed by atoms with van der Waals surface area (Å²) in [5.74, 6) is -0.906. The number of esters is 3. The third-order valence-corrected chi connectivity index (χ3v) is 13.4. The van der Waals surface area contributed by atoms with Gasteiger partial charge in [0.2, 0.25) is 0 Å². The summed E-state index contributed by atoms with van der Waals surface area (Å²) in [5, 5.41) is 0. The minimum atomic E-state index is -0.791. The molecule has 0 N–H and O–H groups in total. The third-order valence-electron chi connectivity index (χ3n) is 13.4. The second-order valence-corrected chi connectivity index (χ2v) is 20.6. The monoisotopic (exact) mass is 1020 g/mol. The minimum absolute atomic E-state index is 0.0867. The Labute approximate surface area is 452 Å². The first-order chi connectivity index (χ1) is 36.0. The highest BCUT2D eigenvalue weighted by Crippen LogP contribution is 2.16. The molecule has 0 saturated heterocycles. The minimum Gasteiger partial charge on any atom is -0.462 e. The van der Waals surface area contributed by atoms with Crippen LogP contribution in [0.2, 0.25) is 0 Å². The van der Waals surface area contributed by atoms with E-state index >= 15 is 0 Å². The number of allylic oxidation sites excluding steroid dienone is 14. The Hall–Kier alpha value is -3.41. The molecule has 73 heavy (non-hydrogen) atoms. The Morgan fingerprint density at radius 2 is 0.534 bits per heavy atom. The Morgan fingerprint density at radius 3 is 0.877 bits per heavy atom. The molecule has 0 aromatic rings. The summed E-state index contributed by atoms with van der Waals surface area (Å²) in [6.45, 7) is 6.50. The molecule has 1 atom stereocenters. The van der Waals surface area contributed by atoms with Crippen LogP contribution >= 0.6 is 0 Å². The predicted octanol–water partition coefficient (Wildman–Crippen LogP) is 21.1. The first-order valence-electron chi connectivity index (χ1n) is 31.1. The molecule has 0 aliphatic heterocycles. The van der Waals surface area contributed by atoms with E-state index in [1.165, 1.54) is 161 Å². The lowest BCUT2D eigenvalue weighted by Gasteiger charge is -2.18. The van der Waals surface area contributed by atoms with Gasteiger partial charge in [-0.2, -0.15) is 0 Å². The van der Waals surface area contributed by atoms with E-state index in [0.717, 1.165) is 103 Å². The molecule has 0 fully saturated rings. The quantitative estimate of drug-likeness (QED) is 0.0261. The van der Waals surface area contributed by atoms with Crippen molar-refractivity contribution >= 4 is 17.9 Å². The number of ether oxygens (including phenoxy) is 3. The highest BCUT2D eigenvalue weighted by atomic mass is 16.6. The van der Waals surface area contributed by atoms with E-state index in [-0.39, 0.29) is 31.1 Å². The maximum atomic E-state index is 12.9. The van der Waals surface area contributed by atoms with Gasteiger partial charge in [0.05, 0.1) is 0 Å². The lowest BCUT2D eigenvalue weighted by Crippen LogP contribution is -2.30. The van der Waals surface area contributed by atoms with E-state index in [2.05, 4.69) is 106 Å². The van der Waals surface area contributed by atoms with Crippen LogP contribution in [0.3, 0.4) is 0 Å². The molecular weight excluding hydrogens is 901 g/mol. The highest BCUT2D eigenvalue weighted by Gasteiger charge is 2.19. The van der Waals surface area contributed by atoms with E-state index < -0.39 is 6.10 Å². The van der Waals surface area contributed by atoms with Gasteiger partial charge in [-0.05, 0) is 116 Å². The van der Waals surface area contributed by atoms with Crippen molar-refractivity contribution in [2.45, 2.75) is 309 Å². The molecule has 0 saturated carbocycles. The van der Waals surface area contributed by atoms with E-state index in [0.29, 0.717) is 19.3 Å². The van der Waals surface area contributed by atoms with E-state index in [1.54, 1.807) is 0 Å². The van der Waals surface area contributed by atoms with Crippen molar-refractivity contribution in [3.63, 3.8) is 0 Å². The second kappa shape index (κ2) is 61.1. The van der Waals surface area contributed by atoms with Crippen molar-refractivity contribution in [1.82, 2.24) is 0 Å². The molecule has 6 nitrogen and oxygen atoms in total. The lowest BCUT2D eigenvalue weighted by molar-refractivity contribution is -0.167. The van der Waals surface area contributed by atoms with Crippen LogP contribution in [0.15, 0.2) is 85.1 Å². The molecule has 0 aliphatic rings. The molecule has 0 aromatic carbocycles. The maximum absolute atomic E-state index is 12.9. The Balaban J connectivity index is 4.42. The summed E-state index contributed by atoms with van der Waals surface area (Å²) in [6.07, 6.45) is 80.0. The van der Waals surface area contributed by atoms with Crippen LogP contribution in [0.5, 0.6) is 0 Å². The van der Waals surface area contributed by atoms with Crippen molar-refractivity contribution in [1.29, 1.82) is 0 Å². The summed E-state index contributed by atoms with van der Waals surface area (Å²) in [7, 11) is 0. The number of carbonyl (C=O) groups excluding carboxylic acids is 3. The first kappa shape index (κ1) is 69.6. The second-order valence-electron chi connectivity index (χ2n) is 20.6. The van der Waals surface area contributed by atoms with Gasteiger partial charge in [0.15, 0.2) is 6.10 Å². The van der Waals surface area contributed by atoms with Crippen LogP contribution in [0.1, 0.15) is 303 Å². The zero-order valence-corrected chi connectivity index (χ0v) is 48.1. The van der Waals surface area contributed by atoms with Crippen molar-refractivity contribution < 1.29 is 28.6 Å². The molecule has 0 rings (SSSR count). The van der Waals surface area contributed by atoms with Crippen LogP contribution in [0.25, 0.3) is 0 Å². The number of hydrogen-bond donors (Lipinski definition) is 0. The Morgan fingerprint density at radius 1 is 0.288 bits per heavy atom. The van der Waals surface area contributed by atoms with Crippen LogP contribution in [-0.2, 0) is 28.6 Å². The van der Waals surface area contributed by atoms with Crippen LogP contribution in [0.4, 0.5) is 0 Å². The van der Waals surface area contributed by atoms with Crippen LogP contribution in [-0.4, -0.2) is 37.2 Å². The fraction of sp³-hybridized carbons (Fsp3) is 0.746. The number of rotatable bonds is 56. The van der Waals surface area contributed by atoms with Gasteiger partial charge in [-0.3, -0.25) is 14.4 Å². The highest BCUT2D eigenvalue weighted by molar-refractivity contribution is 5.71. The summed E-state index contributed by atoms with van der Waals surface area (Å²) in [4.78, 5) is 38.3. The van der Waals surface area contributed by atoms with Gasteiger partial charge >= 0.3 is 17.9 Å². The van der Waals surface area contributed by atoms with Gasteiger partial charge in [-0.15, -0.1) is 0 Å². The van der Waals surface area contributed by atoms with Gasteiger partial charge in [-0.1, -0.05) is 254 Å². The van der Waals surface area contributed by atoms with Crippen molar-refractivity contribution in [2.24, 2.45) is 0 Å². The number of hydrogen-bond acceptors (Lipinski definition) is 6. The van der Waals surface area contributed by atoms with E-state index in [1.807, 2.05) is 0 Å². The topological polar surface area (TPSA) is 78.9 Å². The molecule has 0 heterocycles. The molecule has 0 radical (unpaired) electrons. The molecule has 0 amide bonds. The fourth-order valence-electron chi connectivity index (χ4n) is 8.69. The van der Waals surface area contributed by atoms with E-state index in [4.69, 9.17) is 14.2 Å². The number of unbranched alkanes of at least 4 members (excludes halogenated alkanes) is 31. The van der Waals surface area contributed by atoms with Gasteiger partial charge in [0.25, 0.3) is 0 Å². The van der Waals surface area contributed by atoms with E-state index in [9.17, 15) is 14.4 Å². The SMILES string of the molecule is CC/C=C\C/C=C\C/C=C\C/C=C\CCCCCCC(=O)OCC(COC(=O)CCCCCCCCCCC/C=C\C/C=C\CCCCC)OC(=O)CCCCCCCCCCC/C=C\CCCCCCCC. The molecule has 0 aromatic heterocycles. The summed E-state index contributed by atoms with van der Waals surface area (Å²) >= 11 is 0. The molecular formula is C67H116O6. The summed E-state index contributed by atoms with van der Waals surface area (Å²) in [6, 6.07) is 0. The Kier molecular flexibility index (Phi) is 58.3. The van der Waals surface area contributed by atoms with Gasteiger partial charge in [-0.25, -0.2) is 0 Å². The van der Waals surface area contributed by atoms with Gasteiger partial charge in [0.1, 0.15) is 13.2 Å². The summed E-state index contributed by atoms with van der Waals surface area (Å²) in [5.41, 5.74) is 0. The molecule has 0 spiro atoms. The molecule has 420 valence electrons. The van der Waals surface area contributed by atoms with Crippen molar-refractivity contribution in [3.8, 4) is 0 Å². The fourth-order valence-corrected chi connectivity index (χ4v) is 8.69. The maximum Gasteiger partial charge on any atom is 0.306 e. The zero-order valence-electron chi connectivity index (χ0n) is 48.1. The van der Waals surface area contributed by atoms with Gasteiger partial charge < -0.3 is 14.2 Å². The first-order valence-corrected chi connectivity index (χ1v) is 31.1. The largest absolute Gasteiger partial charge is 0.462 e. The predicted molar refractivity (Wildman–Crippen MR) is 316 cm³/mol. The average Bonchev–Trinajstić information content (AvgIpc) is 3.39. The van der Waals surface area contributed by atoms with Crippen molar-refractivity contribution in [3.05, 3.63) is 85.1 Å². The smallest absolute Gasteiger partial charge is 0.306 e. The zero-order chi connectivity index (χ0) is 52.9. The molecule has 1 unspecified atom stereocenters.